The first kappa shape index (κ1) is 17.8. The van der Waals surface area contributed by atoms with E-state index in [0.29, 0.717) is 19.0 Å². The van der Waals surface area contributed by atoms with E-state index in [9.17, 15) is 18.0 Å². The number of ether oxygens (including phenoxy) is 1. The largest absolute Gasteiger partial charge is 0.490 e. The predicted octanol–water partition coefficient (Wildman–Crippen LogP) is 3.96. The van der Waals surface area contributed by atoms with E-state index in [1.807, 2.05) is 35.2 Å². The molecule has 0 heterocycles. The van der Waals surface area contributed by atoms with Crippen LogP contribution in [0.1, 0.15) is 37.7 Å². The van der Waals surface area contributed by atoms with E-state index in [4.69, 9.17) is 0 Å². The molecule has 0 amide bonds. The van der Waals surface area contributed by atoms with Crippen molar-refractivity contribution in [2.45, 2.75) is 38.3 Å². The minimum Gasteiger partial charge on any atom is -0.443 e. The number of alkyl halides is 3. The van der Waals surface area contributed by atoms with E-state index in [1.54, 1.807) is 0 Å². The van der Waals surface area contributed by atoms with Gasteiger partial charge < -0.3 is 4.74 Å². The Balaban J connectivity index is 1.95. The van der Waals surface area contributed by atoms with Crippen molar-refractivity contribution in [3.05, 3.63) is 35.9 Å². The SMILES string of the molecule is CCC(CN(COC(=O)C(F)(F)F)CC1CC1)c1ccccc1. The normalized spacial score (nSPS) is 16.4. The van der Waals surface area contributed by atoms with Crippen molar-refractivity contribution < 1.29 is 22.7 Å². The van der Waals surface area contributed by atoms with Gasteiger partial charge in [0.1, 0.15) is 6.73 Å². The van der Waals surface area contributed by atoms with Crippen LogP contribution in [0.5, 0.6) is 0 Å². The second-order valence-electron chi connectivity index (χ2n) is 6.05. The van der Waals surface area contributed by atoms with Crippen LogP contribution in [0.3, 0.4) is 0 Å². The van der Waals surface area contributed by atoms with Crippen molar-refractivity contribution in [1.82, 2.24) is 4.90 Å². The molecule has 1 fully saturated rings. The summed E-state index contributed by atoms with van der Waals surface area (Å²) in [6.07, 6.45) is -1.88. The third-order valence-corrected chi connectivity index (χ3v) is 4.07. The standard InChI is InChI=1S/C17H22F3NO2/c1-2-14(15-6-4-3-5-7-15)11-21(10-13-8-9-13)12-23-16(22)17(18,19)20/h3-7,13-14H,2,8-12H2,1H3. The monoisotopic (exact) mass is 329 g/mol. The molecule has 0 aliphatic heterocycles. The van der Waals surface area contributed by atoms with Gasteiger partial charge in [-0.25, -0.2) is 4.79 Å². The molecule has 1 aliphatic rings. The third-order valence-electron chi connectivity index (χ3n) is 4.07. The molecule has 0 spiro atoms. The van der Waals surface area contributed by atoms with E-state index in [-0.39, 0.29) is 12.6 Å². The highest BCUT2D eigenvalue weighted by Crippen LogP contribution is 2.31. The molecule has 2 rings (SSSR count). The summed E-state index contributed by atoms with van der Waals surface area (Å²) in [5.41, 5.74) is 1.15. The molecule has 1 saturated carbocycles. The Hall–Kier alpha value is -1.56. The zero-order valence-corrected chi connectivity index (χ0v) is 13.2. The van der Waals surface area contributed by atoms with Crippen LogP contribution in [0, 0.1) is 5.92 Å². The molecule has 1 unspecified atom stereocenters. The summed E-state index contributed by atoms with van der Waals surface area (Å²) in [5, 5.41) is 0. The lowest BCUT2D eigenvalue weighted by Gasteiger charge is -2.27. The highest BCUT2D eigenvalue weighted by atomic mass is 19.4. The Bertz CT molecular complexity index is 500. The van der Waals surface area contributed by atoms with Crippen molar-refractivity contribution in [2.75, 3.05) is 19.8 Å². The second kappa shape index (κ2) is 7.81. The summed E-state index contributed by atoms with van der Waals surface area (Å²) in [4.78, 5) is 12.7. The summed E-state index contributed by atoms with van der Waals surface area (Å²) in [6, 6.07) is 9.87. The number of rotatable bonds is 8. The van der Waals surface area contributed by atoms with Crippen molar-refractivity contribution in [2.24, 2.45) is 5.92 Å². The minimum absolute atomic E-state index is 0.208. The molecule has 0 aromatic heterocycles. The van der Waals surface area contributed by atoms with Crippen molar-refractivity contribution in [1.29, 1.82) is 0 Å². The van der Waals surface area contributed by atoms with Gasteiger partial charge in [-0.3, -0.25) is 4.90 Å². The van der Waals surface area contributed by atoms with Gasteiger partial charge in [-0.05, 0) is 36.7 Å². The fraction of sp³-hybridized carbons (Fsp3) is 0.588. The molecule has 128 valence electrons. The summed E-state index contributed by atoms with van der Waals surface area (Å²) >= 11 is 0. The summed E-state index contributed by atoms with van der Waals surface area (Å²) in [7, 11) is 0. The highest BCUT2D eigenvalue weighted by molar-refractivity contribution is 5.75. The number of halogens is 3. The Labute approximate surface area is 134 Å². The maximum atomic E-state index is 12.3. The first-order valence-electron chi connectivity index (χ1n) is 7.91. The van der Waals surface area contributed by atoms with Gasteiger partial charge in [-0.1, -0.05) is 37.3 Å². The molecule has 3 nitrogen and oxygen atoms in total. The molecule has 1 aromatic carbocycles. The molecule has 0 N–H and O–H groups in total. The molecule has 0 saturated heterocycles. The summed E-state index contributed by atoms with van der Waals surface area (Å²) in [5.74, 6) is -1.40. The predicted molar refractivity (Wildman–Crippen MR) is 80.8 cm³/mol. The number of hydrogen-bond donors (Lipinski definition) is 0. The van der Waals surface area contributed by atoms with Gasteiger partial charge in [-0.15, -0.1) is 0 Å². The highest BCUT2D eigenvalue weighted by Gasteiger charge is 2.41. The summed E-state index contributed by atoms with van der Waals surface area (Å²) < 4.78 is 41.3. The van der Waals surface area contributed by atoms with E-state index in [0.717, 1.165) is 24.8 Å². The second-order valence-corrected chi connectivity index (χ2v) is 6.05. The lowest BCUT2D eigenvalue weighted by Crippen LogP contribution is -2.36. The molecule has 1 aliphatic carbocycles. The fourth-order valence-corrected chi connectivity index (χ4v) is 2.58. The summed E-state index contributed by atoms with van der Waals surface area (Å²) in [6.45, 7) is 3.00. The van der Waals surface area contributed by atoms with Crippen LogP contribution in [0.2, 0.25) is 0 Å². The maximum Gasteiger partial charge on any atom is 0.490 e. The van der Waals surface area contributed by atoms with Gasteiger partial charge in [0, 0.05) is 13.1 Å². The number of benzene rings is 1. The van der Waals surface area contributed by atoms with Crippen LogP contribution in [0.4, 0.5) is 13.2 Å². The topological polar surface area (TPSA) is 29.5 Å². The zero-order valence-electron chi connectivity index (χ0n) is 13.2. The van der Waals surface area contributed by atoms with Gasteiger partial charge in [-0.2, -0.15) is 13.2 Å². The van der Waals surface area contributed by atoms with Crippen LogP contribution < -0.4 is 0 Å². The molecule has 6 heteroatoms. The van der Waals surface area contributed by atoms with E-state index in [2.05, 4.69) is 11.7 Å². The Kier molecular flexibility index (Phi) is 6.04. The maximum absolute atomic E-state index is 12.3. The van der Waals surface area contributed by atoms with Gasteiger partial charge in [0.25, 0.3) is 0 Å². The third kappa shape index (κ3) is 5.86. The van der Waals surface area contributed by atoms with E-state index in [1.165, 1.54) is 0 Å². The average Bonchev–Trinajstić information content (AvgIpc) is 3.33. The number of esters is 1. The van der Waals surface area contributed by atoms with Gasteiger partial charge in [0.2, 0.25) is 0 Å². The number of hydrogen-bond acceptors (Lipinski definition) is 3. The molecule has 0 radical (unpaired) electrons. The van der Waals surface area contributed by atoms with Crippen LogP contribution >= 0.6 is 0 Å². The van der Waals surface area contributed by atoms with Crippen LogP contribution in [0.25, 0.3) is 0 Å². The van der Waals surface area contributed by atoms with Gasteiger partial charge in [0.05, 0.1) is 0 Å². The lowest BCUT2D eigenvalue weighted by atomic mass is 9.96. The lowest BCUT2D eigenvalue weighted by molar-refractivity contribution is -0.204. The Morgan fingerprint density at radius 2 is 1.96 bits per heavy atom. The number of carbonyl (C=O) groups excluding carboxylic acids is 1. The van der Waals surface area contributed by atoms with Crippen LogP contribution in [0.15, 0.2) is 30.3 Å². The fourth-order valence-electron chi connectivity index (χ4n) is 2.58. The van der Waals surface area contributed by atoms with E-state index >= 15 is 0 Å². The van der Waals surface area contributed by atoms with Crippen molar-refractivity contribution in [3.8, 4) is 0 Å². The molecule has 23 heavy (non-hydrogen) atoms. The van der Waals surface area contributed by atoms with E-state index < -0.39 is 12.1 Å². The molecule has 1 aromatic rings. The van der Waals surface area contributed by atoms with Crippen molar-refractivity contribution in [3.63, 3.8) is 0 Å². The smallest absolute Gasteiger partial charge is 0.443 e. The van der Waals surface area contributed by atoms with Crippen LogP contribution in [-0.2, 0) is 9.53 Å². The van der Waals surface area contributed by atoms with Crippen molar-refractivity contribution >= 4 is 5.97 Å². The molecule has 0 bridgehead atoms. The molecular weight excluding hydrogens is 307 g/mol. The van der Waals surface area contributed by atoms with Gasteiger partial charge in [0.15, 0.2) is 0 Å². The number of carbonyl (C=O) groups is 1. The minimum atomic E-state index is -4.94. The van der Waals surface area contributed by atoms with Crippen LogP contribution in [-0.4, -0.2) is 36.9 Å². The quantitative estimate of drug-likeness (QED) is 0.534. The average molecular weight is 329 g/mol. The Morgan fingerprint density at radius 3 is 2.48 bits per heavy atom. The Morgan fingerprint density at radius 1 is 1.30 bits per heavy atom. The first-order valence-corrected chi connectivity index (χ1v) is 7.91. The zero-order chi connectivity index (χ0) is 16.9. The first-order chi connectivity index (χ1) is 10.9. The number of nitrogens with zero attached hydrogens (tertiary/aromatic N) is 1. The van der Waals surface area contributed by atoms with Gasteiger partial charge >= 0.3 is 12.1 Å². The molecular formula is C17H22F3NO2. The molecule has 1 atom stereocenters.